The number of carbonyl (C=O) groups is 2. The summed E-state index contributed by atoms with van der Waals surface area (Å²) in [6, 6.07) is 0. The third-order valence-corrected chi connectivity index (χ3v) is 4.42. The van der Waals surface area contributed by atoms with Gasteiger partial charge in [0, 0.05) is 6.42 Å². The molecular formula is C13H18N2O3S. The lowest BCUT2D eigenvalue weighted by atomic mass is 10.0. The number of esters is 1. The Kier molecular flexibility index (Phi) is 4.52. The maximum absolute atomic E-state index is 11.9. The molecule has 1 heterocycles. The number of hydrogen-bond donors (Lipinski definition) is 1. The highest BCUT2D eigenvalue weighted by Crippen LogP contribution is 2.28. The summed E-state index contributed by atoms with van der Waals surface area (Å²) in [7, 11) is 1.33. The average molecular weight is 282 g/mol. The van der Waals surface area contributed by atoms with Crippen LogP contribution >= 0.6 is 11.3 Å². The highest BCUT2D eigenvalue weighted by Gasteiger charge is 2.20. The van der Waals surface area contributed by atoms with E-state index in [1.54, 1.807) is 6.92 Å². The average Bonchev–Trinajstić information content (AvgIpc) is 2.98. The molecule has 0 aliphatic heterocycles. The van der Waals surface area contributed by atoms with Crippen molar-refractivity contribution in [3.8, 4) is 0 Å². The van der Waals surface area contributed by atoms with Gasteiger partial charge >= 0.3 is 5.97 Å². The van der Waals surface area contributed by atoms with E-state index in [-0.39, 0.29) is 5.91 Å². The molecule has 0 unspecified atom stereocenters. The molecule has 1 N–H and O–H groups in total. The molecule has 1 aliphatic rings. The Morgan fingerprint density at radius 1 is 1.42 bits per heavy atom. The van der Waals surface area contributed by atoms with Crippen molar-refractivity contribution in [1.29, 1.82) is 0 Å². The van der Waals surface area contributed by atoms with Crippen LogP contribution in [-0.4, -0.2) is 24.0 Å². The molecule has 1 fully saturated rings. The number of amides is 1. The Labute approximate surface area is 116 Å². The second-order valence-corrected chi connectivity index (χ2v) is 5.83. The minimum absolute atomic E-state index is 0.0166. The number of nitrogens with zero attached hydrogens (tertiary/aromatic N) is 1. The van der Waals surface area contributed by atoms with Gasteiger partial charge in [0.1, 0.15) is 4.88 Å². The van der Waals surface area contributed by atoms with Crippen LogP contribution in [-0.2, 0) is 9.53 Å². The number of thiazole rings is 1. The number of methoxy groups -OCH3 is 1. The number of hydrogen-bond acceptors (Lipinski definition) is 5. The molecule has 5 nitrogen and oxygen atoms in total. The molecule has 1 aromatic rings. The van der Waals surface area contributed by atoms with Gasteiger partial charge in [0.25, 0.3) is 0 Å². The lowest BCUT2D eigenvalue weighted by Crippen LogP contribution is -2.14. The number of aryl methyl sites for hydroxylation is 1. The van der Waals surface area contributed by atoms with Crippen LogP contribution in [0.5, 0.6) is 0 Å². The van der Waals surface area contributed by atoms with E-state index in [0.29, 0.717) is 28.0 Å². The van der Waals surface area contributed by atoms with Crippen LogP contribution < -0.4 is 5.32 Å². The minimum atomic E-state index is -0.411. The van der Waals surface area contributed by atoms with Gasteiger partial charge in [0.2, 0.25) is 5.91 Å². The van der Waals surface area contributed by atoms with E-state index in [1.807, 2.05) is 0 Å². The quantitative estimate of drug-likeness (QED) is 0.862. The van der Waals surface area contributed by atoms with E-state index in [0.717, 1.165) is 24.2 Å². The van der Waals surface area contributed by atoms with Gasteiger partial charge in [-0.1, -0.05) is 24.2 Å². The fraction of sp³-hybridized carbons (Fsp3) is 0.615. The molecule has 1 saturated carbocycles. The van der Waals surface area contributed by atoms with E-state index >= 15 is 0 Å². The molecule has 0 spiro atoms. The second-order valence-electron chi connectivity index (χ2n) is 4.83. The van der Waals surface area contributed by atoms with Crippen LogP contribution in [0, 0.1) is 12.8 Å². The number of ether oxygens (including phenoxy) is 1. The van der Waals surface area contributed by atoms with Crippen molar-refractivity contribution in [2.24, 2.45) is 5.92 Å². The van der Waals surface area contributed by atoms with Gasteiger partial charge in [-0.15, -0.1) is 0 Å². The zero-order valence-corrected chi connectivity index (χ0v) is 12.0. The Balaban J connectivity index is 1.95. The maximum Gasteiger partial charge on any atom is 0.350 e. The summed E-state index contributed by atoms with van der Waals surface area (Å²) in [4.78, 5) is 27.9. The number of nitrogens with one attached hydrogen (secondary N) is 1. The Morgan fingerprint density at radius 2 is 2.11 bits per heavy atom. The van der Waals surface area contributed by atoms with Crippen molar-refractivity contribution in [3.63, 3.8) is 0 Å². The molecule has 2 rings (SSSR count). The van der Waals surface area contributed by atoms with Gasteiger partial charge in [-0.2, -0.15) is 0 Å². The topological polar surface area (TPSA) is 68.3 Å². The first-order valence-corrected chi connectivity index (χ1v) is 7.27. The molecule has 104 valence electrons. The van der Waals surface area contributed by atoms with Crippen LogP contribution in [0.2, 0.25) is 0 Å². The standard InChI is InChI=1S/C13H18N2O3S/c1-8-11(12(17)18-2)19-13(14-8)15-10(16)7-9-5-3-4-6-9/h9H,3-7H2,1-2H3,(H,14,15,16). The highest BCUT2D eigenvalue weighted by molar-refractivity contribution is 7.17. The van der Waals surface area contributed by atoms with Crippen molar-refractivity contribution in [2.75, 3.05) is 12.4 Å². The predicted molar refractivity (Wildman–Crippen MR) is 73.4 cm³/mol. The molecule has 0 atom stereocenters. The number of carbonyl (C=O) groups excluding carboxylic acids is 2. The van der Waals surface area contributed by atoms with Crippen molar-refractivity contribution < 1.29 is 14.3 Å². The molecule has 19 heavy (non-hydrogen) atoms. The predicted octanol–water partition coefficient (Wildman–Crippen LogP) is 2.76. The van der Waals surface area contributed by atoms with Crippen molar-refractivity contribution in [3.05, 3.63) is 10.6 Å². The number of anilines is 1. The van der Waals surface area contributed by atoms with Crippen LogP contribution in [0.1, 0.15) is 47.5 Å². The fourth-order valence-corrected chi connectivity index (χ4v) is 3.28. The normalized spacial score (nSPS) is 15.5. The van der Waals surface area contributed by atoms with E-state index in [1.165, 1.54) is 20.0 Å². The number of aromatic nitrogens is 1. The summed E-state index contributed by atoms with van der Waals surface area (Å²) in [6.45, 7) is 1.73. The molecule has 0 bridgehead atoms. The Bertz CT molecular complexity index is 478. The molecule has 0 saturated heterocycles. The summed E-state index contributed by atoms with van der Waals surface area (Å²) >= 11 is 1.16. The van der Waals surface area contributed by atoms with Crippen molar-refractivity contribution in [2.45, 2.75) is 39.0 Å². The van der Waals surface area contributed by atoms with Crippen molar-refractivity contribution >= 4 is 28.3 Å². The van der Waals surface area contributed by atoms with Gasteiger partial charge in [-0.3, -0.25) is 4.79 Å². The van der Waals surface area contributed by atoms with Gasteiger partial charge < -0.3 is 10.1 Å². The Hall–Kier alpha value is -1.43. The summed E-state index contributed by atoms with van der Waals surface area (Å²) in [6.07, 6.45) is 5.27. The molecule has 0 radical (unpaired) electrons. The Morgan fingerprint density at radius 3 is 2.74 bits per heavy atom. The van der Waals surface area contributed by atoms with Crippen molar-refractivity contribution in [1.82, 2.24) is 4.98 Å². The maximum atomic E-state index is 11.9. The third kappa shape index (κ3) is 3.53. The first kappa shape index (κ1) is 14.0. The van der Waals surface area contributed by atoms with Crippen LogP contribution in [0.3, 0.4) is 0 Å². The van der Waals surface area contributed by atoms with Crippen LogP contribution in [0.25, 0.3) is 0 Å². The zero-order chi connectivity index (χ0) is 13.8. The molecule has 6 heteroatoms. The largest absolute Gasteiger partial charge is 0.465 e. The summed E-state index contributed by atoms with van der Waals surface area (Å²) in [5.74, 6) is 0.0736. The SMILES string of the molecule is COC(=O)c1sc(NC(=O)CC2CCCC2)nc1C. The van der Waals surface area contributed by atoms with Crippen LogP contribution in [0.4, 0.5) is 5.13 Å². The van der Waals surface area contributed by atoms with Gasteiger partial charge in [0.15, 0.2) is 5.13 Å². The molecule has 1 aromatic heterocycles. The van der Waals surface area contributed by atoms with Crippen LogP contribution in [0.15, 0.2) is 0 Å². The van der Waals surface area contributed by atoms with E-state index in [4.69, 9.17) is 0 Å². The third-order valence-electron chi connectivity index (χ3n) is 3.36. The molecule has 1 aliphatic carbocycles. The summed E-state index contributed by atoms with van der Waals surface area (Å²) in [5.41, 5.74) is 0.591. The smallest absolute Gasteiger partial charge is 0.350 e. The first-order valence-electron chi connectivity index (χ1n) is 6.45. The zero-order valence-electron chi connectivity index (χ0n) is 11.2. The first-order chi connectivity index (χ1) is 9.10. The second kappa shape index (κ2) is 6.14. The van der Waals surface area contributed by atoms with E-state index in [9.17, 15) is 9.59 Å². The van der Waals surface area contributed by atoms with Gasteiger partial charge in [0.05, 0.1) is 12.8 Å². The fourth-order valence-electron chi connectivity index (χ4n) is 2.38. The summed E-state index contributed by atoms with van der Waals surface area (Å²) < 4.78 is 4.66. The highest BCUT2D eigenvalue weighted by atomic mass is 32.1. The lowest BCUT2D eigenvalue weighted by Gasteiger charge is -2.07. The number of rotatable bonds is 4. The summed E-state index contributed by atoms with van der Waals surface area (Å²) in [5, 5.41) is 3.24. The lowest BCUT2D eigenvalue weighted by molar-refractivity contribution is -0.117. The van der Waals surface area contributed by atoms with Gasteiger partial charge in [-0.05, 0) is 25.7 Å². The molecular weight excluding hydrogens is 264 g/mol. The van der Waals surface area contributed by atoms with E-state index in [2.05, 4.69) is 15.0 Å². The van der Waals surface area contributed by atoms with Gasteiger partial charge in [-0.25, -0.2) is 9.78 Å². The molecule has 0 aromatic carbocycles. The minimum Gasteiger partial charge on any atom is -0.465 e. The van der Waals surface area contributed by atoms with E-state index < -0.39 is 5.97 Å². The monoisotopic (exact) mass is 282 g/mol. The molecule has 1 amide bonds.